The Morgan fingerprint density at radius 3 is 2.72 bits per heavy atom. The average Bonchev–Trinajstić information content (AvgIpc) is 3.10. The van der Waals surface area contributed by atoms with E-state index in [-0.39, 0.29) is 6.42 Å². The van der Waals surface area contributed by atoms with E-state index in [1.54, 1.807) is 18.9 Å². The van der Waals surface area contributed by atoms with E-state index >= 15 is 0 Å². The van der Waals surface area contributed by atoms with E-state index in [9.17, 15) is 4.79 Å². The molecule has 0 atom stereocenters. The third kappa shape index (κ3) is 5.00. The fourth-order valence-corrected chi connectivity index (χ4v) is 3.92. The fourth-order valence-electron chi connectivity index (χ4n) is 3.09. The van der Waals surface area contributed by atoms with Gasteiger partial charge in [-0.2, -0.15) is 0 Å². The molecule has 0 unspecified atom stereocenters. The number of carboxylic acids is 1. The van der Waals surface area contributed by atoms with Gasteiger partial charge in [0.15, 0.2) is 11.5 Å². The summed E-state index contributed by atoms with van der Waals surface area (Å²) in [4.78, 5) is 11.9. The van der Waals surface area contributed by atoms with E-state index in [0.717, 1.165) is 39.2 Å². The first-order chi connectivity index (χ1) is 14.1. The molecule has 0 saturated carbocycles. The standard InChI is InChI=1S/C22H23ClO5S/c1-26-19-13-15(6-8-18(19)27-11-3-10-23)21-22(29-2)16-12-14(5-9-20(24)25)4-7-17(16)28-21/h4,6-8,12-13H,3,5,9-11H2,1-2H3,(H,24,25). The van der Waals surface area contributed by atoms with Crippen molar-refractivity contribution in [3.8, 4) is 22.8 Å². The molecule has 1 heterocycles. The number of aryl methyl sites for hydroxylation is 1. The number of halogens is 1. The topological polar surface area (TPSA) is 68.9 Å². The lowest BCUT2D eigenvalue weighted by Crippen LogP contribution is -1.99. The van der Waals surface area contributed by atoms with Crippen LogP contribution in [0.5, 0.6) is 11.5 Å². The second-order valence-corrected chi connectivity index (χ2v) is 7.64. The molecule has 0 saturated heterocycles. The molecular weight excluding hydrogens is 412 g/mol. The van der Waals surface area contributed by atoms with Gasteiger partial charge in [-0.15, -0.1) is 23.4 Å². The zero-order chi connectivity index (χ0) is 20.8. The molecule has 3 rings (SSSR count). The Morgan fingerprint density at radius 2 is 2.03 bits per heavy atom. The Kier molecular flexibility index (Phi) is 7.34. The number of methoxy groups -OCH3 is 1. The van der Waals surface area contributed by atoms with Crippen LogP contribution in [0.3, 0.4) is 0 Å². The number of furan rings is 1. The van der Waals surface area contributed by atoms with Crippen molar-refractivity contribution in [2.24, 2.45) is 0 Å². The lowest BCUT2D eigenvalue weighted by Gasteiger charge is -2.11. The number of carbonyl (C=O) groups is 1. The summed E-state index contributed by atoms with van der Waals surface area (Å²) in [7, 11) is 1.61. The van der Waals surface area contributed by atoms with Gasteiger partial charge >= 0.3 is 5.97 Å². The lowest BCUT2D eigenvalue weighted by molar-refractivity contribution is -0.136. The van der Waals surface area contributed by atoms with Gasteiger partial charge < -0.3 is 19.0 Å². The molecule has 0 fully saturated rings. The maximum atomic E-state index is 10.9. The number of ether oxygens (including phenoxy) is 2. The van der Waals surface area contributed by atoms with Crippen molar-refractivity contribution in [2.45, 2.75) is 24.2 Å². The molecular formula is C22H23ClO5S. The van der Waals surface area contributed by atoms with E-state index in [2.05, 4.69) is 0 Å². The molecule has 5 nitrogen and oxygen atoms in total. The number of rotatable bonds is 10. The quantitative estimate of drug-likeness (QED) is 0.245. The van der Waals surface area contributed by atoms with Gasteiger partial charge in [0.05, 0.1) is 18.6 Å². The first kappa shape index (κ1) is 21.4. The van der Waals surface area contributed by atoms with Crippen LogP contribution in [0.15, 0.2) is 45.7 Å². The molecule has 0 aliphatic rings. The Bertz CT molecular complexity index is 998. The number of hydrogen-bond donors (Lipinski definition) is 1. The molecule has 7 heteroatoms. The zero-order valence-electron chi connectivity index (χ0n) is 16.4. The molecule has 0 amide bonds. The minimum Gasteiger partial charge on any atom is -0.493 e. The molecule has 1 N–H and O–H groups in total. The number of carboxylic acid groups (broad SMARTS) is 1. The van der Waals surface area contributed by atoms with Crippen LogP contribution in [0.1, 0.15) is 18.4 Å². The Labute approximate surface area is 178 Å². The van der Waals surface area contributed by atoms with Crippen LogP contribution >= 0.6 is 23.4 Å². The summed E-state index contributed by atoms with van der Waals surface area (Å²) in [5.74, 6) is 1.80. The summed E-state index contributed by atoms with van der Waals surface area (Å²) in [5, 5.41) is 9.91. The van der Waals surface area contributed by atoms with Gasteiger partial charge in [-0.3, -0.25) is 4.79 Å². The highest BCUT2D eigenvalue weighted by atomic mass is 35.5. The molecule has 0 bridgehead atoms. The van der Waals surface area contributed by atoms with Crippen molar-refractivity contribution < 1.29 is 23.8 Å². The molecule has 0 spiro atoms. The Hall–Kier alpha value is -2.31. The summed E-state index contributed by atoms with van der Waals surface area (Å²) < 4.78 is 17.4. The van der Waals surface area contributed by atoms with Gasteiger partial charge in [0.1, 0.15) is 11.3 Å². The first-order valence-electron chi connectivity index (χ1n) is 9.25. The average molecular weight is 435 g/mol. The van der Waals surface area contributed by atoms with Crippen LogP contribution in [-0.2, 0) is 11.2 Å². The number of thioether (sulfide) groups is 1. The van der Waals surface area contributed by atoms with Gasteiger partial charge in [-0.25, -0.2) is 0 Å². The lowest BCUT2D eigenvalue weighted by atomic mass is 10.1. The summed E-state index contributed by atoms with van der Waals surface area (Å²) in [6.45, 7) is 0.527. The first-order valence-corrected chi connectivity index (χ1v) is 11.0. The maximum Gasteiger partial charge on any atom is 0.303 e. The maximum absolute atomic E-state index is 10.9. The van der Waals surface area contributed by atoms with E-state index in [1.807, 2.05) is 42.7 Å². The predicted octanol–water partition coefficient (Wildman–Crippen LogP) is 5.86. The van der Waals surface area contributed by atoms with Crippen LogP contribution in [0, 0.1) is 0 Å². The molecule has 2 aromatic carbocycles. The summed E-state index contributed by atoms with van der Waals surface area (Å²) in [6, 6.07) is 11.5. The van der Waals surface area contributed by atoms with Crippen LogP contribution in [0.2, 0.25) is 0 Å². The number of hydrogen-bond acceptors (Lipinski definition) is 5. The number of aliphatic carboxylic acids is 1. The normalized spacial score (nSPS) is 11.0. The SMILES string of the molecule is COc1cc(-c2oc3ccc(CCC(=O)O)cc3c2SC)ccc1OCCCCl. The van der Waals surface area contributed by atoms with Crippen LogP contribution in [-0.4, -0.2) is 36.9 Å². The van der Waals surface area contributed by atoms with Crippen molar-refractivity contribution in [3.05, 3.63) is 42.0 Å². The molecule has 154 valence electrons. The zero-order valence-corrected chi connectivity index (χ0v) is 17.9. The molecule has 0 radical (unpaired) electrons. The van der Waals surface area contributed by atoms with Gasteiger partial charge in [-0.1, -0.05) is 6.07 Å². The number of fused-ring (bicyclic) bond motifs is 1. The molecule has 0 aliphatic carbocycles. The van der Waals surface area contributed by atoms with Crippen LogP contribution in [0.25, 0.3) is 22.3 Å². The highest BCUT2D eigenvalue weighted by Crippen LogP contribution is 2.42. The predicted molar refractivity (Wildman–Crippen MR) is 117 cm³/mol. The van der Waals surface area contributed by atoms with Gasteiger partial charge in [0.25, 0.3) is 0 Å². The summed E-state index contributed by atoms with van der Waals surface area (Å²) in [5.41, 5.74) is 2.63. The highest BCUT2D eigenvalue weighted by Gasteiger charge is 2.18. The Morgan fingerprint density at radius 1 is 1.21 bits per heavy atom. The minimum absolute atomic E-state index is 0.104. The Balaban J connectivity index is 1.97. The van der Waals surface area contributed by atoms with E-state index in [1.165, 1.54) is 0 Å². The van der Waals surface area contributed by atoms with Gasteiger partial charge in [-0.05, 0) is 55.0 Å². The van der Waals surface area contributed by atoms with E-state index in [4.69, 9.17) is 30.6 Å². The number of alkyl halides is 1. The molecule has 1 aromatic heterocycles. The second-order valence-electron chi connectivity index (χ2n) is 6.45. The highest BCUT2D eigenvalue weighted by molar-refractivity contribution is 7.99. The van der Waals surface area contributed by atoms with Crippen molar-refractivity contribution >= 4 is 40.3 Å². The van der Waals surface area contributed by atoms with E-state index in [0.29, 0.717) is 30.4 Å². The number of benzene rings is 2. The van der Waals surface area contributed by atoms with Crippen molar-refractivity contribution in [1.82, 2.24) is 0 Å². The fraction of sp³-hybridized carbons (Fsp3) is 0.318. The van der Waals surface area contributed by atoms with Crippen molar-refractivity contribution in [2.75, 3.05) is 25.9 Å². The third-order valence-corrected chi connectivity index (χ3v) is 5.58. The van der Waals surface area contributed by atoms with Gasteiger partial charge in [0.2, 0.25) is 0 Å². The third-order valence-electron chi connectivity index (χ3n) is 4.50. The van der Waals surface area contributed by atoms with E-state index < -0.39 is 5.97 Å². The smallest absolute Gasteiger partial charge is 0.303 e. The molecule has 0 aliphatic heterocycles. The van der Waals surface area contributed by atoms with Crippen molar-refractivity contribution in [1.29, 1.82) is 0 Å². The van der Waals surface area contributed by atoms with Gasteiger partial charge in [0, 0.05) is 23.3 Å². The molecule has 3 aromatic rings. The second kappa shape index (κ2) is 9.94. The minimum atomic E-state index is -0.802. The van der Waals surface area contributed by atoms with Crippen molar-refractivity contribution in [3.63, 3.8) is 0 Å². The summed E-state index contributed by atoms with van der Waals surface area (Å²) in [6.07, 6.45) is 3.35. The monoisotopic (exact) mass is 434 g/mol. The molecule has 29 heavy (non-hydrogen) atoms. The largest absolute Gasteiger partial charge is 0.493 e. The van der Waals surface area contributed by atoms with Crippen LogP contribution < -0.4 is 9.47 Å². The summed E-state index contributed by atoms with van der Waals surface area (Å²) >= 11 is 7.31. The van der Waals surface area contributed by atoms with Crippen LogP contribution in [0.4, 0.5) is 0 Å².